The fourth-order valence-electron chi connectivity index (χ4n) is 1.31. The van der Waals surface area contributed by atoms with Crippen molar-refractivity contribution in [2.75, 3.05) is 13.1 Å². The van der Waals surface area contributed by atoms with Gasteiger partial charge in [-0.15, -0.1) is 0 Å². The number of hydrogen-bond donors (Lipinski definition) is 0. The van der Waals surface area contributed by atoms with Crippen molar-refractivity contribution in [2.45, 2.75) is 18.9 Å². The Morgan fingerprint density at radius 1 is 0.833 bits per heavy atom. The van der Waals surface area contributed by atoms with Crippen LogP contribution in [0.3, 0.4) is 0 Å². The van der Waals surface area contributed by atoms with Gasteiger partial charge in [-0.1, -0.05) is 0 Å². The van der Waals surface area contributed by atoms with Gasteiger partial charge in [0.1, 0.15) is 0 Å². The summed E-state index contributed by atoms with van der Waals surface area (Å²) < 4.78 is 0. The molecule has 102 valence electrons. The topological polar surface area (TPSA) is 164 Å². The molecule has 0 rings (SSSR count). The van der Waals surface area contributed by atoms with Crippen LogP contribution >= 0.6 is 0 Å². The first-order valence-corrected chi connectivity index (χ1v) is 4.78. The van der Waals surface area contributed by atoms with Gasteiger partial charge in [-0.25, -0.2) is 0 Å². The second-order valence-electron chi connectivity index (χ2n) is 3.39. The van der Waals surface area contributed by atoms with Gasteiger partial charge in [0, 0.05) is 19.1 Å². The van der Waals surface area contributed by atoms with Crippen LogP contribution in [0, 0.1) is 0 Å². The molecule has 0 saturated heterocycles. The third-order valence-corrected chi connectivity index (χ3v) is 2.00. The first-order chi connectivity index (χ1) is 8.23. The molecule has 9 heteroatoms. The van der Waals surface area contributed by atoms with Gasteiger partial charge in [-0.3, -0.25) is 4.90 Å². The molecule has 1 atom stereocenters. The van der Waals surface area contributed by atoms with E-state index < -0.39 is 55.9 Å². The third kappa shape index (κ3) is 6.43. The van der Waals surface area contributed by atoms with Crippen LogP contribution in [0.15, 0.2) is 0 Å². The van der Waals surface area contributed by atoms with E-state index in [2.05, 4.69) is 0 Å². The van der Waals surface area contributed by atoms with E-state index in [1.54, 1.807) is 0 Å². The molecule has 0 aromatic rings. The van der Waals surface area contributed by atoms with E-state index in [0.29, 0.717) is 4.90 Å². The van der Waals surface area contributed by atoms with Crippen molar-refractivity contribution < 1.29 is 39.6 Å². The van der Waals surface area contributed by atoms with Crippen LogP contribution in [-0.2, 0) is 19.2 Å². The first kappa shape index (κ1) is 15.8. The zero-order valence-electron chi connectivity index (χ0n) is 9.12. The highest BCUT2D eigenvalue weighted by Crippen LogP contribution is 2.06. The summed E-state index contributed by atoms with van der Waals surface area (Å²) in [6.07, 6.45) is -1.24. The lowest BCUT2D eigenvalue weighted by molar-refractivity contribution is -0.318. The summed E-state index contributed by atoms with van der Waals surface area (Å²) in [4.78, 5) is 42.1. The number of aliphatic carboxylic acids is 4. The van der Waals surface area contributed by atoms with Crippen molar-refractivity contribution in [2.24, 2.45) is 0 Å². The fraction of sp³-hybridized carbons (Fsp3) is 0.556. The van der Waals surface area contributed by atoms with Gasteiger partial charge >= 0.3 is 0 Å². The van der Waals surface area contributed by atoms with E-state index in [4.69, 9.17) is 0 Å². The molecule has 0 aromatic heterocycles. The standard InChI is InChI=1S/C9H13NO8/c11-6(12)2-1-5(9(17)18)10(3-7(13)14)4-8(15)16/h5H,1-4H2,(H,11,12)(H,13,14)(H,15,16)(H,17,18)/p-4. The lowest BCUT2D eigenvalue weighted by Crippen LogP contribution is -2.55. The average Bonchev–Trinajstić information content (AvgIpc) is 2.14. The minimum absolute atomic E-state index is 0.475. The summed E-state index contributed by atoms with van der Waals surface area (Å²) in [6.45, 7) is -2.00. The van der Waals surface area contributed by atoms with E-state index in [1.165, 1.54) is 0 Å². The Bertz CT molecular complexity index is 336. The third-order valence-electron chi connectivity index (χ3n) is 2.00. The summed E-state index contributed by atoms with van der Waals surface area (Å²) in [5.41, 5.74) is 0. The summed E-state index contributed by atoms with van der Waals surface area (Å²) in [5, 5.41) is 41.6. The van der Waals surface area contributed by atoms with Crippen molar-refractivity contribution in [3.63, 3.8) is 0 Å². The molecule has 0 aliphatic rings. The zero-order valence-corrected chi connectivity index (χ0v) is 9.12. The molecule has 9 nitrogen and oxygen atoms in total. The Kier molecular flexibility index (Phi) is 6.35. The number of carboxylic acids is 4. The number of hydrogen-bond acceptors (Lipinski definition) is 9. The lowest BCUT2D eigenvalue weighted by atomic mass is 10.1. The summed E-state index contributed by atoms with van der Waals surface area (Å²) in [7, 11) is 0. The predicted octanol–water partition coefficient (Wildman–Crippen LogP) is -6.56. The van der Waals surface area contributed by atoms with Crippen LogP contribution in [0.5, 0.6) is 0 Å². The Balaban J connectivity index is 4.83. The van der Waals surface area contributed by atoms with Gasteiger partial charge < -0.3 is 39.6 Å². The largest absolute Gasteiger partial charge is 0.550 e. The van der Waals surface area contributed by atoms with Crippen LogP contribution in [0.25, 0.3) is 0 Å². The van der Waals surface area contributed by atoms with E-state index in [-0.39, 0.29) is 0 Å². The number of carbonyl (C=O) groups is 4. The van der Waals surface area contributed by atoms with Crippen molar-refractivity contribution in [3.05, 3.63) is 0 Å². The second-order valence-corrected chi connectivity index (χ2v) is 3.39. The van der Waals surface area contributed by atoms with Gasteiger partial charge in [0.15, 0.2) is 0 Å². The average molecular weight is 259 g/mol. The zero-order chi connectivity index (χ0) is 14.3. The number of carbonyl (C=O) groups excluding carboxylic acids is 4. The summed E-state index contributed by atoms with van der Waals surface area (Å²) >= 11 is 0. The Morgan fingerprint density at radius 2 is 1.28 bits per heavy atom. The Morgan fingerprint density at radius 3 is 1.56 bits per heavy atom. The minimum atomic E-state index is -1.79. The molecule has 1 unspecified atom stereocenters. The van der Waals surface area contributed by atoms with Gasteiger partial charge in [0.25, 0.3) is 0 Å². The van der Waals surface area contributed by atoms with E-state index >= 15 is 0 Å². The maximum atomic E-state index is 10.7. The van der Waals surface area contributed by atoms with Crippen molar-refractivity contribution in [1.29, 1.82) is 0 Å². The van der Waals surface area contributed by atoms with Crippen LogP contribution in [-0.4, -0.2) is 47.9 Å². The highest BCUT2D eigenvalue weighted by molar-refractivity contribution is 5.76. The van der Waals surface area contributed by atoms with Crippen LogP contribution < -0.4 is 20.4 Å². The monoisotopic (exact) mass is 259 g/mol. The maximum absolute atomic E-state index is 10.7. The molecular weight excluding hydrogens is 250 g/mol. The van der Waals surface area contributed by atoms with Crippen LogP contribution in [0.1, 0.15) is 12.8 Å². The molecule has 0 aliphatic carbocycles. The maximum Gasteiger partial charge on any atom is 0.0586 e. The Hall–Kier alpha value is -2.16. The molecule has 18 heavy (non-hydrogen) atoms. The quantitative estimate of drug-likeness (QED) is 0.391. The second kappa shape index (κ2) is 7.22. The summed E-state index contributed by atoms with van der Waals surface area (Å²) in [5.74, 6) is -6.77. The molecule has 0 aliphatic heterocycles. The molecule has 0 radical (unpaired) electrons. The molecular formula is C9H9NO8-4. The van der Waals surface area contributed by atoms with E-state index in [1.807, 2.05) is 0 Å². The fourth-order valence-corrected chi connectivity index (χ4v) is 1.31. The molecule has 0 saturated carbocycles. The Labute approximate surface area is 101 Å². The van der Waals surface area contributed by atoms with Crippen molar-refractivity contribution in [1.82, 2.24) is 4.90 Å². The minimum Gasteiger partial charge on any atom is -0.550 e. The number of nitrogens with zero attached hydrogens (tertiary/aromatic N) is 1. The van der Waals surface area contributed by atoms with Crippen molar-refractivity contribution in [3.8, 4) is 0 Å². The molecule has 0 aromatic carbocycles. The number of carboxylic acid groups (broad SMARTS) is 4. The molecule has 0 bridgehead atoms. The highest BCUT2D eigenvalue weighted by Gasteiger charge is 2.19. The van der Waals surface area contributed by atoms with Crippen LogP contribution in [0.4, 0.5) is 0 Å². The van der Waals surface area contributed by atoms with Gasteiger partial charge in [0.05, 0.1) is 23.9 Å². The molecule has 0 spiro atoms. The SMILES string of the molecule is O=C([O-])CCC(C(=O)[O-])N(CC(=O)[O-])CC(=O)[O-]. The van der Waals surface area contributed by atoms with E-state index in [9.17, 15) is 39.6 Å². The van der Waals surface area contributed by atoms with Gasteiger partial charge in [0.2, 0.25) is 0 Å². The van der Waals surface area contributed by atoms with Crippen LogP contribution in [0.2, 0.25) is 0 Å². The van der Waals surface area contributed by atoms with E-state index in [0.717, 1.165) is 0 Å². The lowest BCUT2D eigenvalue weighted by Gasteiger charge is -2.33. The molecule has 0 fully saturated rings. The van der Waals surface area contributed by atoms with Gasteiger partial charge in [-0.2, -0.15) is 0 Å². The smallest absolute Gasteiger partial charge is 0.0586 e. The number of rotatable bonds is 9. The molecule has 0 N–H and O–H groups in total. The van der Waals surface area contributed by atoms with Gasteiger partial charge in [-0.05, 0) is 12.8 Å². The normalized spacial score (nSPS) is 12.1. The molecule has 0 amide bonds. The first-order valence-electron chi connectivity index (χ1n) is 4.78. The van der Waals surface area contributed by atoms with Crippen molar-refractivity contribution >= 4 is 23.9 Å². The summed E-state index contributed by atoms with van der Waals surface area (Å²) in [6, 6.07) is -1.70. The molecule has 0 heterocycles. The predicted molar refractivity (Wildman–Crippen MR) is 44.6 cm³/mol. The highest BCUT2D eigenvalue weighted by atomic mass is 16.4.